The van der Waals surface area contributed by atoms with Crippen molar-refractivity contribution in [1.82, 2.24) is 20.0 Å². The Hall–Kier alpha value is -1.79. The van der Waals surface area contributed by atoms with Crippen LogP contribution in [0.1, 0.15) is 6.04 Å². The molecule has 0 unspecified atom stereocenters. The molecule has 8 nitrogen and oxygen atoms in total. The predicted octanol–water partition coefficient (Wildman–Crippen LogP) is 2.56. The molecule has 1 aromatic carbocycles. The van der Waals surface area contributed by atoms with E-state index in [9.17, 15) is 19.7 Å². The van der Waals surface area contributed by atoms with Crippen LogP contribution < -0.4 is 0 Å². The molecular weight excluding hydrogens is 470 g/mol. The highest BCUT2D eigenvalue weighted by Gasteiger charge is 2.46. The maximum Gasteiger partial charge on any atom is 0.142 e. The molecular formula is C19H17Cl2FN4O4S. The van der Waals surface area contributed by atoms with Gasteiger partial charge in [0, 0.05) is 16.7 Å². The summed E-state index contributed by atoms with van der Waals surface area (Å²) in [5.41, 5.74) is -0.152. The Morgan fingerprint density at radius 3 is 2.65 bits per heavy atom. The maximum absolute atomic E-state index is 13.5. The fourth-order valence-corrected chi connectivity index (χ4v) is 4.73. The Bertz CT molecular complexity index is 1070. The fraction of sp³-hybridized carbons (Fsp3) is 0.316. The van der Waals surface area contributed by atoms with Crippen molar-refractivity contribution in [2.45, 2.75) is 34.7 Å². The zero-order valence-corrected chi connectivity index (χ0v) is 18.0. The third-order valence-corrected chi connectivity index (χ3v) is 6.70. The van der Waals surface area contributed by atoms with E-state index in [1.165, 1.54) is 23.1 Å². The van der Waals surface area contributed by atoms with Gasteiger partial charge in [-0.05, 0) is 24.3 Å². The van der Waals surface area contributed by atoms with Crippen LogP contribution in [0, 0.1) is 5.82 Å². The molecule has 0 radical (unpaired) electrons. The van der Waals surface area contributed by atoms with Crippen molar-refractivity contribution in [3.8, 4) is 11.3 Å². The first-order chi connectivity index (χ1) is 14.9. The number of halogens is 3. The van der Waals surface area contributed by atoms with Crippen LogP contribution >= 0.6 is 35.0 Å². The molecule has 3 aromatic rings. The molecule has 0 saturated carbocycles. The van der Waals surface area contributed by atoms with Gasteiger partial charge in [0.2, 0.25) is 0 Å². The summed E-state index contributed by atoms with van der Waals surface area (Å²) in [7, 11) is 0. The number of nitrogens with zero attached hydrogens (tertiary/aromatic N) is 4. The lowest BCUT2D eigenvalue weighted by Gasteiger charge is -2.41. The lowest BCUT2D eigenvalue weighted by Crippen LogP contribution is -2.55. The van der Waals surface area contributed by atoms with Crippen LogP contribution in [0.2, 0.25) is 10.0 Å². The zero-order valence-electron chi connectivity index (χ0n) is 15.7. The molecule has 0 bridgehead atoms. The Morgan fingerprint density at radius 1 is 1.13 bits per heavy atom. The molecule has 2 aromatic heterocycles. The number of thioether (sulfide) groups is 1. The van der Waals surface area contributed by atoms with E-state index in [4.69, 9.17) is 27.9 Å². The number of ether oxygens (including phenoxy) is 1. The molecule has 3 heterocycles. The summed E-state index contributed by atoms with van der Waals surface area (Å²) in [6.45, 7) is -0.474. The first-order valence-electron chi connectivity index (χ1n) is 9.14. The van der Waals surface area contributed by atoms with Crippen molar-refractivity contribution in [3.63, 3.8) is 0 Å². The first-order valence-corrected chi connectivity index (χ1v) is 10.8. The fourth-order valence-electron chi connectivity index (χ4n) is 3.27. The van der Waals surface area contributed by atoms with E-state index in [2.05, 4.69) is 15.3 Å². The minimum absolute atomic E-state index is 0.312. The highest BCUT2D eigenvalue weighted by atomic mass is 35.5. The summed E-state index contributed by atoms with van der Waals surface area (Å²) >= 11 is 13.2. The van der Waals surface area contributed by atoms with Gasteiger partial charge in [-0.25, -0.2) is 9.07 Å². The highest BCUT2D eigenvalue weighted by Crippen LogP contribution is 2.39. The van der Waals surface area contributed by atoms with Crippen molar-refractivity contribution < 1.29 is 24.4 Å². The van der Waals surface area contributed by atoms with Crippen LogP contribution in [-0.2, 0) is 4.74 Å². The van der Waals surface area contributed by atoms with Gasteiger partial charge in [-0.1, -0.05) is 40.2 Å². The molecule has 1 saturated heterocycles. The van der Waals surface area contributed by atoms with Gasteiger partial charge in [-0.3, -0.25) is 4.98 Å². The van der Waals surface area contributed by atoms with E-state index >= 15 is 0 Å². The van der Waals surface area contributed by atoms with Gasteiger partial charge < -0.3 is 20.1 Å². The number of aliphatic hydroxyl groups is 3. The number of pyridine rings is 1. The summed E-state index contributed by atoms with van der Waals surface area (Å²) < 4.78 is 20.5. The number of hydrogen-bond acceptors (Lipinski definition) is 8. The second-order valence-electron chi connectivity index (χ2n) is 6.87. The van der Waals surface area contributed by atoms with Gasteiger partial charge in [0.1, 0.15) is 41.3 Å². The van der Waals surface area contributed by atoms with E-state index in [0.717, 1.165) is 18.0 Å². The molecule has 4 rings (SSSR count). The van der Waals surface area contributed by atoms with Crippen molar-refractivity contribution in [1.29, 1.82) is 0 Å². The standard InChI is InChI=1S/C19H17Cl2FN4O4S/c20-12-2-1-11(4-13(12)21)31-19-18(29)16(17(28)15(8-27)30-19)26-7-14(24-25-26)9-3-10(22)6-23-5-9/h1-7,15-19,27-29H,8H2/t15-,16+,17+,18-,19-/m1/s1. The van der Waals surface area contributed by atoms with Crippen molar-refractivity contribution in [2.75, 3.05) is 6.61 Å². The molecule has 164 valence electrons. The first kappa shape index (κ1) is 22.4. The normalized spacial score (nSPS) is 26.2. The third kappa shape index (κ3) is 4.70. The summed E-state index contributed by atoms with van der Waals surface area (Å²) in [5.74, 6) is -0.531. The Morgan fingerprint density at radius 2 is 1.94 bits per heavy atom. The van der Waals surface area contributed by atoms with Crippen LogP contribution in [-0.4, -0.2) is 65.7 Å². The third-order valence-electron chi connectivity index (χ3n) is 4.81. The molecule has 0 spiro atoms. The van der Waals surface area contributed by atoms with E-state index in [1.807, 2.05) is 0 Å². The average Bonchev–Trinajstić information content (AvgIpc) is 3.22. The maximum atomic E-state index is 13.5. The SMILES string of the molecule is OC[C@H]1O[C@H](Sc2ccc(Cl)c(Cl)c2)[C@H](O)[C@@H](n2cc(-c3cncc(F)c3)nn2)[C@H]1O. The lowest BCUT2D eigenvalue weighted by atomic mass is 9.97. The molecule has 31 heavy (non-hydrogen) atoms. The Kier molecular flexibility index (Phi) is 6.77. The Balaban J connectivity index is 1.62. The number of aromatic nitrogens is 4. The van der Waals surface area contributed by atoms with Crippen molar-refractivity contribution in [2.24, 2.45) is 0 Å². The molecule has 1 fully saturated rings. The summed E-state index contributed by atoms with van der Waals surface area (Å²) in [6.07, 6.45) is 0.485. The topological polar surface area (TPSA) is 114 Å². The van der Waals surface area contributed by atoms with E-state index in [0.29, 0.717) is 26.2 Å². The monoisotopic (exact) mass is 486 g/mol. The number of benzene rings is 1. The van der Waals surface area contributed by atoms with E-state index in [1.54, 1.807) is 18.2 Å². The minimum atomic E-state index is -1.27. The number of hydrogen-bond donors (Lipinski definition) is 3. The predicted molar refractivity (Wildman–Crippen MR) is 112 cm³/mol. The number of rotatable bonds is 5. The molecule has 5 atom stereocenters. The second-order valence-corrected chi connectivity index (χ2v) is 8.85. The lowest BCUT2D eigenvalue weighted by molar-refractivity contribution is -0.178. The minimum Gasteiger partial charge on any atom is -0.394 e. The smallest absolute Gasteiger partial charge is 0.142 e. The highest BCUT2D eigenvalue weighted by molar-refractivity contribution is 7.99. The zero-order chi connectivity index (χ0) is 22.1. The van der Waals surface area contributed by atoms with Gasteiger partial charge in [0.15, 0.2) is 0 Å². The van der Waals surface area contributed by atoms with E-state index in [-0.39, 0.29) is 0 Å². The second kappa shape index (κ2) is 9.37. The molecule has 1 aliphatic heterocycles. The summed E-state index contributed by atoms with van der Waals surface area (Å²) in [6, 6.07) is 5.23. The van der Waals surface area contributed by atoms with Crippen molar-refractivity contribution in [3.05, 3.63) is 58.7 Å². The quantitative estimate of drug-likeness (QED) is 0.504. The average molecular weight is 487 g/mol. The van der Waals surface area contributed by atoms with Crippen LogP contribution in [0.4, 0.5) is 4.39 Å². The summed E-state index contributed by atoms with van der Waals surface area (Å²) in [4.78, 5) is 4.46. The van der Waals surface area contributed by atoms with Crippen molar-refractivity contribution >= 4 is 35.0 Å². The van der Waals surface area contributed by atoms with Gasteiger partial charge >= 0.3 is 0 Å². The number of aliphatic hydroxyl groups excluding tert-OH is 3. The van der Waals surface area contributed by atoms with Crippen LogP contribution in [0.3, 0.4) is 0 Å². The molecule has 1 aliphatic rings. The van der Waals surface area contributed by atoms with Gasteiger partial charge in [0.05, 0.1) is 29.0 Å². The molecule has 0 aliphatic carbocycles. The van der Waals surface area contributed by atoms with Crippen LogP contribution in [0.15, 0.2) is 47.8 Å². The van der Waals surface area contributed by atoms with Crippen LogP contribution in [0.5, 0.6) is 0 Å². The van der Waals surface area contributed by atoms with Gasteiger partial charge in [-0.2, -0.15) is 0 Å². The molecule has 12 heteroatoms. The molecule has 3 N–H and O–H groups in total. The molecule has 0 amide bonds. The largest absolute Gasteiger partial charge is 0.394 e. The van der Waals surface area contributed by atoms with Crippen LogP contribution in [0.25, 0.3) is 11.3 Å². The van der Waals surface area contributed by atoms with Gasteiger partial charge in [0.25, 0.3) is 0 Å². The van der Waals surface area contributed by atoms with Gasteiger partial charge in [-0.15, -0.1) is 5.10 Å². The van der Waals surface area contributed by atoms with E-state index < -0.39 is 42.2 Å². The summed E-state index contributed by atoms with van der Waals surface area (Å²) in [5, 5.41) is 40.1. The Labute approximate surface area is 190 Å².